The smallest absolute Gasteiger partial charge is 0.244 e. The second-order valence-corrected chi connectivity index (χ2v) is 10.7. The molecule has 1 amide bonds. The molecule has 1 aliphatic heterocycles. The van der Waals surface area contributed by atoms with Crippen molar-refractivity contribution in [3.05, 3.63) is 53.6 Å². The summed E-state index contributed by atoms with van der Waals surface area (Å²) in [6.45, 7) is 6.52. The molecule has 1 heterocycles. The molecule has 1 fully saturated rings. The van der Waals surface area contributed by atoms with Crippen LogP contribution in [0, 0.1) is 17.2 Å². The van der Waals surface area contributed by atoms with Crippen LogP contribution in [0.25, 0.3) is 0 Å². The van der Waals surface area contributed by atoms with E-state index in [1.54, 1.807) is 24.3 Å². The largest absolute Gasteiger partial charge is 0.506 e. The van der Waals surface area contributed by atoms with Gasteiger partial charge in [0.15, 0.2) is 0 Å². The fourth-order valence-electron chi connectivity index (χ4n) is 3.62. The number of carbonyl (C=O) groups is 1. The summed E-state index contributed by atoms with van der Waals surface area (Å²) in [5.74, 6) is -0.611. The maximum absolute atomic E-state index is 13.0. The van der Waals surface area contributed by atoms with Gasteiger partial charge < -0.3 is 10.4 Å². The first-order valence-electron chi connectivity index (χ1n) is 10.2. The van der Waals surface area contributed by atoms with Crippen LogP contribution in [0.1, 0.15) is 44.7 Å². The third-order valence-electron chi connectivity index (χ3n) is 5.57. The van der Waals surface area contributed by atoms with Gasteiger partial charge in [0.05, 0.1) is 16.1 Å². The molecule has 0 radical (unpaired) electrons. The zero-order valence-corrected chi connectivity index (χ0v) is 18.7. The van der Waals surface area contributed by atoms with E-state index in [0.717, 1.165) is 5.56 Å². The Labute approximate surface area is 183 Å². The lowest BCUT2D eigenvalue weighted by atomic mass is 9.86. The van der Waals surface area contributed by atoms with Crippen molar-refractivity contribution < 1.29 is 18.3 Å². The molecule has 0 atom stereocenters. The van der Waals surface area contributed by atoms with Crippen LogP contribution in [0.2, 0.25) is 0 Å². The number of benzene rings is 2. The van der Waals surface area contributed by atoms with Gasteiger partial charge in [0.2, 0.25) is 15.9 Å². The number of phenols is 1. The van der Waals surface area contributed by atoms with Crippen molar-refractivity contribution in [2.75, 3.05) is 18.4 Å². The molecule has 2 aromatic carbocycles. The first-order valence-corrected chi connectivity index (χ1v) is 11.6. The number of nitrogens with zero attached hydrogens (tertiary/aromatic N) is 2. The summed E-state index contributed by atoms with van der Waals surface area (Å²) in [5.41, 5.74) is 1.32. The van der Waals surface area contributed by atoms with Crippen LogP contribution < -0.4 is 5.32 Å². The minimum atomic E-state index is -3.80. The number of piperidine rings is 1. The van der Waals surface area contributed by atoms with Gasteiger partial charge in [-0.15, -0.1) is 0 Å². The highest BCUT2D eigenvalue weighted by molar-refractivity contribution is 7.89. The van der Waals surface area contributed by atoms with E-state index < -0.39 is 10.0 Å². The van der Waals surface area contributed by atoms with Crippen molar-refractivity contribution in [1.82, 2.24) is 4.31 Å². The highest BCUT2D eigenvalue weighted by atomic mass is 32.2. The monoisotopic (exact) mass is 441 g/mol. The topological polar surface area (TPSA) is 110 Å². The molecule has 8 heteroatoms. The molecular formula is C23H27N3O4S. The minimum Gasteiger partial charge on any atom is -0.506 e. The maximum Gasteiger partial charge on any atom is 0.244 e. The Balaban J connectivity index is 1.69. The van der Waals surface area contributed by atoms with Crippen LogP contribution in [0.5, 0.6) is 5.75 Å². The van der Waals surface area contributed by atoms with E-state index in [1.165, 1.54) is 16.4 Å². The van der Waals surface area contributed by atoms with Gasteiger partial charge in [-0.3, -0.25) is 4.79 Å². The Morgan fingerprint density at radius 2 is 1.81 bits per heavy atom. The molecule has 164 valence electrons. The quantitative estimate of drug-likeness (QED) is 0.705. The predicted molar refractivity (Wildman–Crippen MR) is 118 cm³/mol. The Hall–Kier alpha value is -2.89. The van der Waals surface area contributed by atoms with E-state index in [4.69, 9.17) is 0 Å². The Kier molecular flexibility index (Phi) is 6.39. The van der Waals surface area contributed by atoms with Crippen LogP contribution in [0.4, 0.5) is 5.69 Å². The molecule has 7 nitrogen and oxygen atoms in total. The SMILES string of the molecule is CC(C)(C)c1ccc(O)c(NC(=O)C2CCN(S(=O)(=O)c3ccccc3C#N)CC2)c1. The van der Waals surface area contributed by atoms with Crippen LogP contribution in [-0.4, -0.2) is 36.8 Å². The molecule has 1 aliphatic rings. The van der Waals surface area contributed by atoms with Crippen LogP contribution >= 0.6 is 0 Å². The molecule has 31 heavy (non-hydrogen) atoms. The maximum atomic E-state index is 13.0. The van der Waals surface area contributed by atoms with E-state index >= 15 is 0 Å². The average Bonchev–Trinajstić information content (AvgIpc) is 2.74. The number of hydrogen-bond donors (Lipinski definition) is 2. The molecule has 3 rings (SSSR count). The third kappa shape index (κ3) is 4.89. The second kappa shape index (κ2) is 8.69. The molecule has 2 N–H and O–H groups in total. The molecule has 2 aromatic rings. The van der Waals surface area contributed by atoms with Gasteiger partial charge in [0.25, 0.3) is 0 Å². The summed E-state index contributed by atoms with van der Waals surface area (Å²) in [5, 5.41) is 22.2. The number of phenolic OH excluding ortho intramolecular Hbond substituents is 1. The molecule has 0 unspecified atom stereocenters. The Bertz CT molecular complexity index is 1120. The second-order valence-electron chi connectivity index (χ2n) is 8.76. The molecule has 0 bridgehead atoms. The van der Waals surface area contributed by atoms with Crippen molar-refractivity contribution >= 4 is 21.6 Å². The molecule has 0 aromatic heterocycles. The summed E-state index contributed by atoms with van der Waals surface area (Å²) in [4.78, 5) is 12.8. The number of aromatic hydroxyl groups is 1. The predicted octanol–water partition coefficient (Wildman–Crippen LogP) is 3.60. The minimum absolute atomic E-state index is 0.00512. The number of anilines is 1. The van der Waals surface area contributed by atoms with Gasteiger partial charge in [-0.25, -0.2) is 8.42 Å². The number of nitriles is 1. The lowest BCUT2D eigenvalue weighted by Gasteiger charge is -2.31. The first-order chi connectivity index (χ1) is 14.5. The zero-order valence-electron chi connectivity index (χ0n) is 17.9. The van der Waals surface area contributed by atoms with Crippen molar-refractivity contribution in [1.29, 1.82) is 5.26 Å². The van der Waals surface area contributed by atoms with Crippen molar-refractivity contribution in [2.45, 2.75) is 43.9 Å². The Morgan fingerprint density at radius 1 is 1.16 bits per heavy atom. The van der Waals surface area contributed by atoms with Gasteiger partial charge in [-0.05, 0) is 48.1 Å². The van der Waals surface area contributed by atoms with E-state index in [9.17, 15) is 23.6 Å². The summed E-state index contributed by atoms with van der Waals surface area (Å²) < 4.78 is 27.2. The lowest BCUT2D eigenvalue weighted by Crippen LogP contribution is -2.41. The molecule has 0 spiro atoms. The number of rotatable bonds is 4. The molecule has 0 saturated carbocycles. The van der Waals surface area contributed by atoms with E-state index in [0.29, 0.717) is 18.5 Å². The third-order valence-corrected chi connectivity index (χ3v) is 7.53. The highest BCUT2D eigenvalue weighted by Crippen LogP contribution is 2.32. The van der Waals surface area contributed by atoms with E-state index in [1.807, 2.05) is 32.9 Å². The zero-order chi connectivity index (χ0) is 22.8. The van der Waals surface area contributed by atoms with Gasteiger partial charge >= 0.3 is 0 Å². The van der Waals surface area contributed by atoms with Crippen molar-refractivity contribution in [3.63, 3.8) is 0 Å². The van der Waals surface area contributed by atoms with Gasteiger partial charge in [-0.2, -0.15) is 9.57 Å². The average molecular weight is 442 g/mol. The van der Waals surface area contributed by atoms with Gasteiger partial charge in [-0.1, -0.05) is 39.0 Å². The molecule has 0 aliphatic carbocycles. The van der Waals surface area contributed by atoms with Crippen LogP contribution in [-0.2, 0) is 20.2 Å². The summed E-state index contributed by atoms with van der Waals surface area (Å²) >= 11 is 0. The summed E-state index contributed by atoms with van der Waals surface area (Å²) in [6, 6.07) is 13.2. The van der Waals surface area contributed by atoms with E-state index in [-0.39, 0.29) is 46.5 Å². The Morgan fingerprint density at radius 3 is 2.42 bits per heavy atom. The standard InChI is InChI=1S/C23H27N3O4S/c1-23(2,3)18-8-9-20(27)19(14-18)25-22(28)16-10-12-26(13-11-16)31(29,30)21-7-5-4-6-17(21)15-24/h4-9,14,16,27H,10-13H2,1-3H3,(H,25,28). The van der Waals surface area contributed by atoms with Gasteiger partial charge in [0.1, 0.15) is 11.8 Å². The van der Waals surface area contributed by atoms with Crippen LogP contribution in [0.3, 0.4) is 0 Å². The van der Waals surface area contributed by atoms with Crippen LogP contribution in [0.15, 0.2) is 47.4 Å². The number of nitrogens with one attached hydrogen (secondary N) is 1. The number of hydrogen-bond acceptors (Lipinski definition) is 5. The number of sulfonamides is 1. The molecular weight excluding hydrogens is 414 g/mol. The fourth-order valence-corrected chi connectivity index (χ4v) is 5.23. The van der Waals surface area contributed by atoms with E-state index in [2.05, 4.69) is 5.32 Å². The van der Waals surface area contributed by atoms with Gasteiger partial charge in [0, 0.05) is 19.0 Å². The summed E-state index contributed by atoms with van der Waals surface area (Å²) in [6.07, 6.45) is 0.721. The number of carbonyl (C=O) groups excluding carboxylic acids is 1. The highest BCUT2D eigenvalue weighted by Gasteiger charge is 2.33. The van der Waals surface area contributed by atoms with Crippen molar-refractivity contribution in [3.8, 4) is 11.8 Å². The first kappa shape index (κ1) is 22.8. The fraction of sp³-hybridized carbons (Fsp3) is 0.391. The summed E-state index contributed by atoms with van der Waals surface area (Å²) in [7, 11) is -3.80. The normalized spacial score (nSPS) is 15.9. The lowest BCUT2D eigenvalue weighted by molar-refractivity contribution is -0.120. The van der Waals surface area contributed by atoms with Crippen molar-refractivity contribution in [2.24, 2.45) is 5.92 Å². The number of amides is 1. The molecule has 1 saturated heterocycles.